The lowest BCUT2D eigenvalue weighted by atomic mass is 9.98. The van der Waals surface area contributed by atoms with Gasteiger partial charge in [0.1, 0.15) is 5.82 Å². The van der Waals surface area contributed by atoms with E-state index in [1.165, 1.54) is 31.7 Å². The van der Waals surface area contributed by atoms with E-state index in [0.717, 1.165) is 31.1 Å². The second kappa shape index (κ2) is 8.17. The quantitative estimate of drug-likeness (QED) is 0.866. The number of hydrogen-bond donors (Lipinski definition) is 1. The fourth-order valence-corrected chi connectivity index (χ4v) is 2.96. The van der Waals surface area contributed by atoms with Crippen LogP contribution in [0.2, 0.25) is 0 Å². The van der Waals surface area contributed by atoms with Crippen molar-refractivity contribution in [2.24, 2.45) is 11.7 Å². The molecule has 0 radical (unpaired) electrons. The molecule has 1 heterocycles. The molecule has 2 N–H and O–H groups in total. The van der Waals surface area contributed by atoms with Gasteiger partial charge in [-0.15, -0.1) is 0 Å². The van der Waals surface area contributed by atoms with Gasteiger partial charge in [-0.3, -0.25) is 4.90 Å². The monoisotopic (exact) mass is 288 g/mol. The van der Waals surface area contributed by atoms with Crippen LogP contribution in [0.25, 0.3) is 0 Å². The van der Waals surface area contributed by atoms with Crippen LogP contribution in [-0.2, 0) is 6.54 Å². The van der Waals surface area contributed by atoms with Crippen LogP contribution in [0.15, 0.2) is 18.2 Å². The molecule has 1 aliphatic heterocycles. The number of halogens is 1. The van der Waals surface area contributed by atoms with Gasteiger partial charge in [0.2, 0.25) is 0 Å². The fourth-order valence-electron chi connectivity index (χ4n) is 2.96. The summed E-state index contributed by atoms with van der Waals surface area (Å²) in [5.41, 5.74) is 6.94. The molecule has 1 fully saturated rings. The van der Waals surface area contributed by atoms with Crippen molar-refractivity contribution in [2.45, 2.75) is 39.2 Å². The number of benzene rings is 1. The largest absolute Gasteiger partial charge is 0.320 e. The molecule has 3 heteroatoms. The van der Waals surface area contributed by atoms with Gasteiger partial charge in [-0.2, -0.15) is 0 Å². The lowest BCUT2D eigenvalue weighted by Crippen LogP contribution is -2.24. The summed E-state index contributed by atoms with van der Waals surface area (Å²) in [6.07, 6.45) is 5.16. The summed E-state index contributed by atoms with van der Waals surface area (Å²) in [7, 11) is 0. The van der Waals surface area contributed by atoms with Crippen molar-refractivity contribution in [1.29, 1.82) is 0 Å². The Hall–Kier alpha value is -1.37. The van der Waals surface area contributed by atoms with E-state index < -0.39 is 0 Å². The average Bonchev–Trinajstić information content (AvgIpc) is 2.73. The van der Waals surface area contributed by atoms with Crippen LogP contribution in [-0.4, -0.2) is 24.5 Å². The Morgan fingerprint density at radius 3 is 2.95 bits per heavy atom. The zero-order valence-corrected chi connectivity index (χ0v) is 12.9. The lowest BCUT2D eigenvalue weighted by Gasteiger charge is -2.20. The molecule has 1 aliphatic rings. The summed E-state index contributed by atoms with van der Waals surface area (Å²) in [4.78, 5) is 2.48. The number of rotatable bonds is 3. The van der Waals surface area contributed by atoms with Crippen molar-refractivity contribution >= 4 is 0 Å². The molecule has 0 aromatic heterocycles. The first kappa shape index (κ1) is 16.0. The molecular formula is C18H25FN2. The molecule has 1 unspecified atom stereocenters. The third kappa shape index (κ3) is 4.84. The highest BCUT2D eigenvalue weighted by atomic mass is 19.1. The average molecular weight is 288 g/mol. The van der Waals surface area contributed by atoms with Crippen molar-refractivity contribution in [3.63, 3.8) is 0 Å². The Kier molecular flexibility index (Phi) is 6.22. The Morgan fingerprint density at radius 2 is 2.19 bits per heavy atom. The van der Waals surface area contributed by atoms with Gasteiger partial charge in [0.15, 0.2) is 0 Å². The summed E-state index contributed by atoms with van der Waals surface area (Å²) >= 11 is 0. The zero-order chi connectivity index (χ0) is 15.1. The number of likely N-dealkylation sites (tertiary alicyclic amines) is 1. The van der Waals surface area contributed by atoms with Crippen LogP contribution < -0.4 is 5.73 Å². The lowest BCUT2D eigenvalue weighted by molar-refractivity contribution is 0.272. The smallest absolute Gasteiger partial charge is 0.138 e. The molecule has 1 atom stereocenters. The molecule has 1 aromatic rings. The van der Waals surface area contributed by atoms with Crippen LogP contribution in [0.4, 0.5) is 4.39 Å². The van der Waals surface area contributed by atoms with Crippen LogP contribution in [0.1, 0.15) is 43.7 Å². The Balaban J connectivity index is 2.02. The van der Waals surface area contributed by atoms with Crippen LogP contribution in [0.3, 0.4) is 0 Å². The predicted molar refractivity (Wildman–Crippen MR) is 85.2 cm³/mol. The Labute approximate surface area is 127 Å². The van der Waals surface area contributed by atoms with Gasteiger partial charge in [-0.05, 0) is 56.0 Å². The molecule has 0 saturated carbocycles. The van der Waals surface area contributed by atoms with Gasteiger partial charge in [0.05, 0.1) is 12.1 Å². The van der Waals surface area contributed by atoms with E-state index in [-0.39, 0.29) is 12.4 Å². The van der Waals surface area contributed by atoms with Crippen molar-refractivity contribution in [1.82, 2.24) is 4.90 Å². The van der Waals surface area contributed by atoms with Crippen LogP contribution >= 0.6 is 0 Å². The van der Waals surface area contributed by atoms with Gasteiger partial charge < -0.3 is 5.73 Å². The Bertz CT molecular complexity index is 516. The van der Waals surface area contributed by atoms with Crippen LogP contribution in [0.5, 0.6) is 0 Å². The SMILES string of the molecule is CCC1CCCN(Cc2ccc(F)c(C#CCN)c2)CC1. The van der Waals surface area contributed by atoms with Crippen molar-refractivity contribution in [3.8, 4) is 11.8 Å². The van der Waals surface area contributed by atoms with E-state index in [4.69, 9.17) is 5.73 Å². The van der Waals surface area contributed by atoms with E-state index >= 15 is 0 Å². The second-order valence-electron chi connectivity index (χ2n) is 5.80. The summed E-state index contributed by atoms with van der Waals surface area (Å²) in [5.74, 6) is 6.14. The van der Waals surface area contributed by atoms with E-state index in [1.54, 1.807) is 0 Å². The van der Waals surface area contributed by atoms with Crippen LogP contribution in [0, 0.1) is 23.6 Å². The minimum atomic E-state index is -0.262. The molecule has 2 rings (SSSR count). The second-order valence-corrected chi connectivity index (χ2v) is 5.80. The summed E-state index contributed by atoms with van der Waals surface area (Å²) in [5, 5.41) is 0. The molecular weight excluding hydrogens is 263 g/mol. The number of hydrogen-bond acceptors (Lipinski definition) is 2. The normalized spacial score (nSPS) is 19.7. The standard InChI is InChI=1S/C18H25FN2/c1-2-15-5-4-11-21(12-9-15)14-16-7-8-18(19)17(13-16)6-3-10-20/h7-8,13,15H,2,4-5,9-12,14,20H2,1H3. The predicted octanol–water partition coefficient (Wildman–Crippen LogP) is 3.15. The van der Waals surface area contributed by atoms with E-state index in [9.17, 15) is 4.39 Å². The maximum Gasteiger partial charge on any atom is 0.138 e. The third-order valence-electron chi connectivity index (χ3n) is 4.28. The van der Waals surface area contributed by atoms with Gasteiger partial charge in [0, 0.05) is 6.54 Å². The molecule has 2 nitrogen and oxygen atoms in total. The minimum Gasteiger partial charge on any atom is -0.320 e. The highest BCUT2D eigenvalue weighted by Crippen LogP contribution is 2.21. The molecule has 0 amide bonds. The molecule has 114 valence electrons. The molecule has 0 aliphatic carbocycles. The van der Waals surface area contributed by atoms with Gasteiger partial charge in [-0.1, -0.05) is 31.3 Å². The van der Waals surface area contributed by atoms with Gasteiger partial charge >= 0.3 is 0 Å². The summed E-state index contributed by atoms with van der Waals surface area (Å²) < 4.78 is 13.7. The highest BCUT2D eigenvalue weighted by molar-refractivity contribution is 5.38. The van der Waals surface area contributed by atoms with E-state index in [2.05, 4.69) is 23.7 Å². The fraction of sp³-hybridized carbons (Fsp3) is 0.556. The van der Waals surface area contributed by atoms with Gasteiger partial charge in [0.25, 0.3) is 0 Å². The topological polar surface area (TPSA) is 29.3 Å². The third-order valence-corrected chi connectivity index (χ3v) is 4.28. The van der Waals surface area contributed by atoms with Crippen molar-refractivity contribution in [2.75, 3.05) is 19.6 Å². The van der Waals surface area contributed by atoms with Crippen molar-refractivity contribution in [3.05, 3.63) is 35.1 Å². The highest BCUT2D eigenvalue weighted by Gasteiger charge is 2.16. The maximum absolute atomic E-state index is 13.7. The van der Waals surface area contributed by atoms with E-state index in [1.807, 2.05) is 12.1 Å². The molecule has 1 saturated heterocycles. The zero-order valence-electron chi connectivity index (χ0n) is 12.9. The summed E-state index contributed by atoms with van der Waals surface area (Å²) in [6.45, 7) is 5.70. The van der Waals surface area contributed by atoms with Gasteiger partial charge in [-0.25, -0.2) is 4.39 Å². The Morgan fingerprint density at radius 1 is 1.33 bits per heavy atom. The number of nitrogens with zero attached hydrogens (tertiary/aromatic N) is 1. The molecule has 0 spiro atoms. The molecule has 1 aromatic carbocycles. The molecule has 21 heavy (non-hydrogen) atoms. The first-order valence-corrected chi connectivity index (χ1v) is 7.92. The number of nitrogens with two attached hydrogens (primary N) is 1. The first-order valence-electron chi connectivity index (χ1n) is 7.92. The maximum atomic E-state index is 13.7. The molecule has 0 bridgehead atoms. The summed E-state index contributed by atoms with van der Waals surface area (Å²) in [6, 6.07) is 5.24. The van der Waals surface area contributed by atoms with Crippen molar-refractivity contribution < 1.29 is 4.39 Å². The minimum absolute atomic E-state index is 0.258. The van der Waals surface area contributed by atoms with E-state index in [0.29, 0.717) is 5.56 Å². The first-order chi connectivity index (χ1) is 10.2.